The molecular formula is C48H40BaN4O12S4-2. The van der Waals surface area contributed by atoms with Crippen molar-refractivity contribution in [3.8, 4) is 0 Å². The largest absolute Gasteiger partial charge is 2.00 e. The van der Waals surface area contributed by atoms with Gasteiger partial charge in [0.25, 0.3) is 0 Å². The molecule has 0 aromatic heterocycles. The number of anilines is 8. The van der Waals surface area contributed by atoms with Gasteiger partial charge in [0.1, 0.15) is 40.5 Å². The van der Waals surface area contributed by atoms with Gasteiger partial charge in [-0.25, -0.2) is 33.7 Å². The third kappa shape index (κ3) is 20.0. The van der Waals surface area contributed by atoms with Gasteiger partial charge in [-0.2, -0.15) is 0 Å². The minimum atomic E-state index is -4.37. The van der Waals surface area contributed by atoms with Crippen LogP contribution in [-0.2, 0) is 40.5 Å². The van der Waals surface area contributed by atoms with Gasteiger partial charge in [0, 0.05) is 45.5 Å². The van der Waals surface area contributed by atoms with Crippen LogP contribution in [0.15, 0.2) is 238 Å². The van der Waals surface area contributed by atoms with E-state index >= 15 is 0 Å². The first kappa shape index (κ1) is 55.8. The first-order valence-electron chi connectivity index (χ1n) is 19.7. The quantitative estimate of drug-likeness (QED) is 0.0656. The summed E-state index contributed by atoms with van der Waals surface area (Å²) in [7, 11) is -17.5. The zero-order chi connectivity index (χ0) is 49.2. The molecule has 0 unspecified atom stereocenters. The molecule has 0 atom stereocenters. The first-order valence-corrected chi connectivity index (χ1v) is 25.4. The van der Waals surface area contributed by atoms with Crippen molar-refractivity contribution in [2.24, 2.45) is 0 Å². The average Bonchev–Trinajstić information content (AvgIpc) is 3.31. The van der Waals surface area contributed by atoms with Crippen molar-refractivity contribution in [3.63, 3.8) is 0 Å². The van der Waals surface area contributed by atoms with E-state index in [2.05, 4.69) is 21.3 Å². The Balaban J connectivity index is 0.000000199. The number of para-hydroxylation sites is 4. The zero-order valence-electron chi connectivity index (χ0n) is 36.0. The van der Waals surface area contributed by atoms with E-state index in [1.807, 2.05) is 121 Å². The maximum atomic E-state index is 10.7. The molecule has 4 N–H and O–H groups in total. The number of benzene rings is 8. The van der Waals surface area contributed by atoms with Gasteiger partial charge in [0.15, 0.2) is 0 Å². The Morgan fingerprint density at radius 3 is 0.478 bits per heavy atom. The maximum Gasteiger partial charge on any atom is 2.00 e. The van der Waals surface area contributed by atoms with Crippen molar-refractivity contribution in [2.75, 3.05) is 21.3 Å². The second-order valence-electron chi connectivity index (χ2n) is 13.9. The Labute approximate surface area is 441 Å². The molecule has 0 aliphatic heterocycles. The summed E-state index contributed by atoms with van der Waals surface area (Å²) in [6.07, 6.45) is 0. The second kappa shape index (κ2) is 26.2. The van der Waals surface area contributed by atoms with Crippen molar-refractivity contribution in [1.29, 1.82) is 0 Å². The third-order valence-corrected chi connectivity index (χ3v) is 12.2. The minimum Gasteiger partial charge on any atom is -0.744 e. The van der Waals surface area contributed by atoms with Crippen molar-refractivity contribution >= 4 is 135 Å². The monoisotopic (exact) mass is 1130 g/mol. The second-order valence-corrected chi connectivity index (χ2v) is 19.4. The summed E-state index contributed by atoms with van der Waals surface area (Å²) in [5.74, 6) is 0. The molecule has 69 heavy (non-hydrogen) atoms. The smallest absolute Gasteiger partial charge is 0.744 e. The molecule has 0 saturated carbocycles. The molecule has 0 amide bonds. The normalized spacial score (nSPS) is 11.0. The Morgan fingerprint density at radius 1 is 0.217 bits per heavy atom. The van der Waals surface area contributed by atoms with E-state index < -0.39 is 40.5 Å². The molecule has 21 heteroatoms. The SMILES string of the molecule is O=S(=O)([O-])c1ccc(Nc2ccccc2)cc1.O=S(=O)([O-])c1ccc(Nc2ccccc2)cc1.O=S(=O)([O-])c1ccc(Nc2ccccc2)cc1.O=S(=O)([O-])c1ccc(Nc2ccccc2)cc1.[Ba+2]. The summed E-state index contributed by atoms with van der Waals surface area (Å²) in [5, 5.41) is 12.3. The molecule has 8 aromatic rings. The van der Waals surface area contributed by atoms with Crippen LogP contribution in [0.5, 0.6) is 0 Å². The molecule has 0 fully saturated rings. The van der Waals surface area contributed by atoms with Gasteiger partial charge in [0.2, 0.25) is 0 Å². The van der Waals surface area contributed by atoms with Crippen LogP contribution in [0.3, 0.4) is 0 Å². The molecular weight excluding hydrogens is 1090 g/mol. The van der Waals surface area contributed by atoms with Crippen LogP contribution in [0.4, 0.5) is 45.5 Å². The van der Waals surface area contributed by atoms with E-state index in [0.717, 1.165) is 45.5 Å². The summed E-state index contributed by atoms with van der Waals surface area (Å²) >= 11 is 0. The van der Waals surface area contributed by atoms with Crippen LogP contribution in [0, 0.1) is 0 Å². The fourth-order valence-electron chi connectivity index (χ4n) is 5.57. The van der Waals surface area contributed by atoms with Crippen LogP contribution >= 0.6 is 0 Å². The first-order chi connectivity index (χ1) is 32.2. The van der Waals surface area contributed by atoms with Crippen LogP contribution in [0.2, 0.25) is 0 Å². The van der Waals surface area contributed by atoms with Crippen LogP contribution in [-0.4, -0.2) is 101 Å². The summed E-state index contributed by atoms with van der Waals surface area (Å²) in [5.41, 5.74) is 6.48. The van der Waals surface area contributed by atoms with Crippen LogP contribution in [0.25, 0.3) is 0 Å². The predicted octanol–water partition coefficient (Wildman–Crippen LogP) is 8.96. The summed E-state index contributed by atoms with van der Waals surface area (Å²) in [6, 6.07) is 60.5. The van der Waals surface area contributed by atoms with Crippen molar-refractivity contribution < 1.29 is 51.9 Å². The van der Waals surface area contributed by atoms with E-state index in [1.54, 1.807) is 48.5 Å². The van der Waals surface area contributed by atoms with E-state index in [-0.39, 0.29) is 68.5 Å². The van der Waals surface area contributed by atoms with E-state index in [0.29, 0.717) is 0 Å². The molecule has 0 heterocycles. The van der Waals surface area contributed by atoms with Gasteiger partial charge in [-0.05, 0) is 146 Å². The van der Waals surface area contributed by atoms with E-state index in [1.165, 1.54) is 48.5 Å². The van der Waals surface area contributed by atoms with Gasteiger partial charge in [-0.3, -0.25) is 0 Å². The Hall–Kier alpha value is -5.83. The van der Waals surface area contributed by atoms with Crippen molar-refractivity contribution in [2.45, 2.75) is 19.6 Å². The van der Waals surface area contributed by atoms with Crippen molar-refractivity contribution in [3.05, 3.63) is 218 Å². The number of hydrogen-bond acceptors (Lipinski definition) is 16. The summed E-state index contributed by atoms with van der Waals surface area (Å²) in [6.45, 7) is 0. The third-order valence-electron chi connectivity index (χ3n) is 8.82. The molecule has 0 saturated heterocycles. The molecule has 0 spiro atoms. The topological polar surface area (TPSA) is 277 Å². The van der Waals surface area contributed by atoms with Gasteiger partial charge in [-0.1, -0.05) is 72.8 Å². The minimum absolute atomic E-state index is 0. The maximum absolute atomic E-state index is 10.7. The number of nitrogens with one attached hydrogen (secondary N) is 4. The fourth-order valence-corrected chi connectivity index (χ4v) is 7.45. The molecule has 0 aliphatic carbocycles. The van der Waals surface area contributed by atoms with Gasteiger partial charge in [0.05, 0.1) is 19.6 Å². The Kier molecular flexibility index (Phi) is 21.2. The average molecular weight is 1130 g/mol. The number of hydrogen-bond donors (Lipinski definition) is 4. The molecule has 8 aromatic carbocycles. The van der Waals surface area contributed by atoms with Gasteiger partial charge >= 0.3 is 48.9 Å². The summed E-state index contributed by atoms with van der Waals surface area (Å²) < 4.78 is 129. The van der Waals surface area contributed by atoms with E-state index in [4.69, 9.17) is 0 Å². The zero-order valence-corrected chi connectivity index (χ0v) is 43.7. The van der Waals surface area contributed by atoms with Crippen LogP contribution in [0.1, 0.15) is 0 Å². The van der Waals surface area contributed by atoms with Crippen molar-refractivity contribution in [1.82, 2.24) is 0 Å². The predicted molar refractivity (Wildman–Crippen MR) is 262 cm³/mol. The fraction of sp³-hybridized carbons (Fsp3) is 0. The molecule has 352 valence electrons. The standard InChI is InChI=1S/4C12H11NO3S.Ba/c4*14-17(15,16)12-8-6-11(7-9-12)13-10-4-2-1-3-5-10;/h4*1-9,13H,(H,14,15,16);/q;;;;+2/p-4. The molecule has 16 nitrogen and oxygen atoms in total. The van der Waals surface area contributed by atoms with Crippen LogP contribution < -0.4 is 21.3 Å². The molecule has 0 radical (unpaired) electrons. The van der Waals surface area contributed by atoms with Gasteiger partial charge < -0.3 is 39.5 Å². The molecule has 0 bridgehead atoms. The Morgan fingerprint density at radius 2 is 0.348 bits per heavy atom. The molecule has 0 aliphatic rings. The van der Waals surface area contributed by atoms with E-state index in [9.17, 15) is 51.9 Å². The summed E-state index contributed by atoms with van der Waals surface area (Å²) in [4.78, 5) is -0.903. The molecule has 8 rings (SSSR count). The Bertz CT molecular complexity index is 2830. The number of rotatable bonds is 12. The van der Waals surface area contributed by atoms with Gasteiger partial charge in [-0.15, -0.1) is 0 Å².